The average molecular weight is 345 g/mol. The van der Waals surface area contributed by atoms with Gasteiger partial charge in [0, 0.05) is 6.54 Å². The van der Waals surface area contributed by atoms with Gasteiger partial charge in [-0.25, -0.2) is 13.2 Å². The topological polar surface area (TPSA) is 130 Å². The van der Waals surface area contributed by atoms with Crippen LogP contribution in [0, 0.1) is 13.8 Å². The lowest BCUT2D eigenvalue weighted by Gasteiger charge is -2.25. The van der Waals surface area contributed by atoms with E-state index in [-0.39, 0.29) is 16.3 Å². The first-order chi connectivity index (χ1) is 10.6. The molecule has 1 amide bonds. The fourth-order valence-corrected chi connectivity index (χ4v) is 4.26. The molecule has 2 N–H and O–H groups in total. The third-order valence-corrected chi connectivity index (χ3v) is 5.54. The molecule has 1 aliphatic heterocycles. The number of aromatic nitrogens is 1. The van der Waals surface area contributed by atoms with E-state index in [2.05, 4.69) is 9.88 Å². The Balaban J connectivity index is 2.17. The average Bonchev–Trinajstić information content (AvgIpc) is 3.04. The number of nitrogens with zero attached hydrogens (tertiary/aromatic N) is 2. The Kier molecular flexibility index (Phi) is 4.76. The first-order valence-electron chi connectivity index (χ1n) is 7.13. The Morgan fingerprint density at radius 3 is 2.61 bits per heavy atom. The van der Waals surface area contributed by atoms with E-state index in [0.29, 0.717) is 19.4 Å². The van der Waals surface area contributed by atoms with Crippen molar-refractivity contribution in [3.8, 4) is 0 Å². The lowest BCUT2D eigenvalue weighted by atomic mass is 10.2. The molecule has 0 aromatic carbocycles. The summed E-state index contributed by atoms with van der Waals surface area (Å²) in [5.41, 5.74) is 0.194. The van der Waals surface area contributed by atoms with Crippen LogP contribution in [0.4, 0.5) is 0 Å². The van der Waals surface area contributed by atoms with E-state index < -0.39 is 34.0 Å². The Morgan fingerprint density at radius 1 is 1.43 bits per heavy atom. The lowest BCUT2D eigenvalue weighted by molar-refractivity contribution is -0.148. The van der Waals surface area contributed by atoms with Crippen molar-refractivity contribution in [1.29, 1.82) is 0 Å². The highest BCUT2D eigenvalue weighted by Crippen LogP contribution is 2.21. The molecule has 0 saturated carbocycles. The molecule has 2 heterocycles. The normalized spacial score (nSPS) is 19.8. The summed E-state index contributed by atoms with van der Waals surface area (Å²) in [6.07, 6.45) is 0.941. The number of nitrogens with one attached hydrogen (secondary N) is 1. The third-order valence-electron chi connectivity index (χ3n) is 3.76. The molecule has 1 fully saturated rings. The van der Waals surface area contributed by atoms with E-state index in [1.165, 1.54) is 25.7 Å². The predicted octanol–water partition coefficient (Wildman–Crippen LogP) is 0.0338. The molecule has 0 spiro atoms. The van der Waals surface area contributed by atoms with Crippen LogP contribution >= 0.6 is 0 Å². The minimum atomic E-state index is -3.99. The standard InChI is InChI=1S/C13H19N3O6S/c1-7-11(9(3)22-14-7)23(20,21)15-8(2)12(17)16-6-4-5-10(16)13(18)19/h8,10,15H,4-6H2,1-3H3,(H,18,19). The van der Waals surface area contributed by atoms with Crippen LogP contribution in [-0.2, 0) is 19.6 Å². The molecule has 2 rings (SSSR count). The summed E-state index contributed by atoms with van der Waals surface area (Å²) in [4.78, 5) is 24.6. The monoisotopic (exact) mass is 345 g/mol. The van der Waals surface area contributed by atoms with Gasteiger partial charge in [-0.05, 0) is 33.6 Å². The summed E-state index contributed by atoms with van der Waals surface area (Å²) in [6, 6.07) is -2.00. The number of amides is 1. The number of carbonyl (C=O) groups excluding carboxylic acids is 1. The molecule has 9 nitrogen and oxygen atoms in total. The number of hydrogen-bond donors (Lipinski definition) is 2. The molecule has 2 atom stereocenters. The molecule has 0 radical (unpaired) electrons. The summed E-state index contributed by atoms with van der Waals surface area (Å²) in [7, 11) is -3.99. The molecule has 1 saturated heterocycles. The summed E-state index contributed by atoms with van der Waals surface area (Å²) in [5.74, 6) is -1.53. The van der Waals surface area contributed by atoms with E-state index in [1.807, 2.05) is 0 Å². The van der Waals surface area contributed by atoms with Crippen molar-refractivity contribution in [2.75, 3.05) is 6.54 Å². The van der Waals surface area contributed by atoms with Crippen molar-refractivity contribution >= 4 is 21.9 Å². The van der Waals surface area contributed by atoms with Crippen LogP contribution in [0.3, 0.4) is 0 Å². The highest BCUT2D eigenvalue weighted by atomic mass is 32.2. The van der Waals surface area contributed by atoms with Gasteiger partial charge in [0.25, 0.3) is 0 Å². The van der Waals surface area contributed by atoms with E-state index in [4.69, 9.17) is 9.63 Å². The van der Waals surface area contributed by atoms with Crippen LogP contribution in [0.5, 0.6) is 0 Å². The van der Waals surface area contributed by atoms with Gasteiger partial charge in [0.15, 0.2) is 5.76 Å². The molecule has 1 aromatic rings. The van der Waals surface area contributed by atoms with Gasteiger partial charge in [0.1, 0.15) is 16.6 Å². The van der Waals surface area contributed by atoms with Gasteiger partial charge in [0.2, 0.25) is 15.9 Å². The molecule has 0 bridgehead atoms. The quantitative estimate of drug-likeness (QED) is 0.770. The molecule has 2 unspecified atom stereocenters. The fraction of sp³-hybridized carbons (Fsp3) is 0.615. The fourth-order valence-electron chi connectivity index (χ4n) is 2.74. The number of sulfonamides is 1. The summed E-state index contributed by atoms with van der Waals surface area (Å²) < 4.78 is 31.9. The molecule has 128 valence electrons. The maximum Gasteiger partial charge on any atom is 0.326 e. The smallest absolute Gasteiger partial charge is 0.326 e. The maximum atomic E-state index is 12.4. The molecule has 10 heteroatoms. The maximum absolute atomic E-state index is 12.4. The van der Waals surface area contributed by atoms with E-state index >= 15 is 0 Å². The van der Waals surface area contributed by atoms with Crippen LogP contribution in [0.15, 0.2) is 9.42 Å². The minimum absolute atomic E-state index is 0.103. The van der Waals surface area contributed by atoms with Gasteiger partial charge < -0.3 is 14.5 Å². The van der Waals surface area contributed by atoms with Gasteiger partial charge in [-0.15, -0.1) is 0 Å². The second kappa shape index (κ2) is 6.28. The Morgan fingerprint density at radius 2 is 2.09 bits per heavy atom. The van der Waals surface area contributed by atoms with Gasteiger partial charge in [-0.3, -0.25) is 4.79 Å². The number of carboxylic acid groups (broad SMARTS) is 1. The third kappa shape index (κ3) is 3.37. The van der Waals surface area contributed by atoms with Crippen LogP contribution < -0.4 is 4.72 Å². The van der Waals surface area contributed by atoms with Gasteiger partial charge in [0.05, 0.1) is 6.04 Å². The highest BCUT2D eigenvalue weighted by Gasteiger charge is 2.37. The number of aliphatic carboxylic acids is 1. The zero-order chi connectivity index (χ0) is 17.4. The highest BCUT2D eigenvalue weighted by molar-refractivity contribution is 7.89. The molecule has 0 aliphatic carbocycles. The second-order valence-corrected chi connectivity index (χ2v) is 7.17. The lowest BCUT2D eigenvalue weighted by Crippen LogP contribution is -2.50. The SMILES string of the molecule is Cc1noc(C)c1S(=O)(=O)NC(C)C(=O)N1CCCC1C(=O)O. The zero-order valence-corrected chi connectivity index (χ0v) is 13.9. The molecule has 1 aliphatic rings. The first kappa shape index (κ1) is 17.4. The van der Waals surface area contributed by atoms with Crippen molar-refractivity contribution in [3.05, 3.63) is 11.5 Å². The van der Waals surface area contributed by atoms with Gasteiger partial charge >= 0.3 is 5.97 Å². The molecule has 23 heavy (non-hydrogen) atoms. The van der Waals surface area contributed by atoms with Gasteiger partial charge in [-0.2, -0.15) is 4.72 Å². The summed E-state index contributed by atoms with van der Waals surface area (Å²) >= 11 is 0. The number of rotatable bonds is 5. The van der Waals surface area contributed by atoms with Crippen molar-refractivity contribution in [2.24, 2.45) is 0 Å². The summed E-state index contributed by atoms with van der Waals surface area (Å²) in [6.45, 7) is 4.63. The number of carboxylic acids is 1. The molecular weight excluding hydrogens is 326 g/mol. The van der Waals surface area contributed by atoms with Crippen LogP contribution in [0.2, 0.25) is 0 Å². The number of hydrogen-bond acceptors (Lipinski definition) is 6. The minimum Gasteiger partial charge on any atom is -0.480 e. The molecule has 1 aromatic heterocycles. The summed E-state index contributed by atoms with van der Waals surface area (Å²) in [5, 5.41) is 12.7. The van der Waals surface area contributed by atoms with Crippen molar-refractivity contribution in [3.63, 3.8) is 0 Å². The largest absolute Gasteiger partial charge is 0.480 e. The predicted molar refractivity (Wildman–Crippen MR) is 78.1 cm³/mol. The zero-order valence-electron chi connectivity index (χ0n) is 13.1. The Labute approximate surface area is 133 Å². The second-order valence-electron chi connectivity index (χ2n) is 5.52. The van der Waals surface area contributed by atoms with Crippen LogP contribution in [0.25, 0.3) is 0 Å². The van der Waals surface area contributed by atoms with Crippen molar-refractivity contribution < 1.29 is 27.6 Å². The van der Waals surface area contributed by atoms with Crippen LogP contribution in [-0.4, -0.2) is 54.1 Å². The Hall–Kier alpha value is -1.94. The van der Waals surface area contributed by atoms with Crippen LogP contribution in [0.1, 0.15) is 31.2 Å². The van der Waals surface area contributed by atoms with E-state index in [0.717, 1.165) is 0 Å². The van der Waals surface area contributed by atoms with Crippen molar-refractivity contribution in [2.45, 2.75) is 50.6 Å². The van der Waals surface area contributed by atoms with E-state index in [1.54, 1.807) is 0 Å². The Bertz CT molecular complexity index is 707. The number of carbonyl (C=O) groups is 2. The molecular formula is C13H19N3O6S. The van der Waals surface area contributed by atoms with E-state index in [9.17, 15) is 18.0 Å². The van der Waals surface area contributed by atoms with Gasteiger partial charge in [-0.1, -0.05) is 5.16 Å². The van der Waals surface area contributed by atoms with Crippen molar-refractivity contribution in [1.82, 2.24) is 14.8 Å². The number of aryl methyl sites for hydroxylation is 2. The number of likely N-dealkylation sites (tertiary alicyclic amines) is 1. The first-order valence-corrected chi connectivity index (χ1v) is 8.62.